The SMILES string of the molecule is O=C(C1c2ccccc2CC(=O)N1Cc1ccccc1)N1CCN(c2ccccn2)CC1. The van der Waals surface area contributed by atoms with E-state index < -0.39 is 6.04 Å². The number of hydrogen-bond acceptors (Lipinski definition) is 4. The summed E-state index contributed by atoms with van der Waals surface area (Å²) in [4.78, 5) is 37.2. The number of carbonyl (C=O) groups is 2. The molecule has 1 atom stereocenters. The lowest BCUT2D eigenvalue weighted by Gasteiger charge is -2.41. The molecule has 1 unspecified atom stereocenters. The quantitative estimate of drug-likeness (QED) is 0.644. The molecular formula is C26H26N4O2. The second-order valence-electron chi connectivity index (χ2n) is 8.29. The van der Waals surface area contributed by atoms with E-state index >= 15 is 0 Å². The van der Waals surface area contributed by atoms with E-state index in [1.807, 2.05) is 77.7 Å². The maximum Gasteiger partial charge on any atom is 0.250 e. The van der Waals surface area contributed by atoms with Gasteiger partial charge >= 0.3 is 0 Å². The fraction of sp³-hybridized carbons (Fsp3) is 0.269. The van der Waals surface area contributed by atoms with Crippen molar-refractivity contribution in [1.82, 2.24) is 14.8 Å². The summed E-state index contributed by atoms with van der Waals surface area (Å²) in [5, 5.41) is 0. The monoisotopic (exact) mass is 426 g/mol. The van der Waals surface area contributed by atoms with Gasteiger partial charge in [0.2, 0.25) is 11.8 Å². The van der Waals surface area contributed by atoms with Crippen molar-refractivity contribution in [1.29, 1.82) is 0 Å². The molecule has 5 rings (SSSR count). The van der Waals surface area contributed by atoms with Crippen molar-refractivity contribution in [3.05, 3.63) is 95.7 Å². The Balaban J connectivity index is 1.39. The van der Waals surface area contributed by atoms with Crippen LogP contribution < -0.4 is 4.90 Å². The molecule has 32 heavy (non-hydrogen) atoms. The third-order valence-corrected chi connectivity index (χ3v) is 6.32. The van der Waals surface area contributed by atoms with Crippen LogP contribution >= 0.6 is 0 Å². The topological polar surface area (TPSA) is 56.8 Å². The molecule has 6 nitrogen and oxygen atoms in total. The third-order valence-electron chi connectivity index (χ3n) is 6.32. The first-order valence-corrected chi connectivity index (χ1v) is 11.1. The number of hydrogen-bond donors (Lipinski definition) is 0. The van der Waals surface area contributed by atoms with E-state index in [2.05, 4.69) is 9.88 Å². The summed E-state index contributed by atoms with van der Waals surface area (Å²) in [5.41, 5.74) is 2.92. The van der Waals surface area contributed by atoms with Gasteiger partial charge in [-0.05, 0) is 28.8 Å². The van der Waals surface area contributed by atoms with E-state index in [1.54, 1.807) is 11.1 Å². The van der Waals surface area contributed by atoms with Crippen molar-refractivity contribution < 1.29 is 9.59 Å². The van der Waals surface area contributed by atoms with Crippen molar-refractivity contribution in [3.8, 4) is 0 Å². The summed E-state index contributed by atoms with van der Waals surface area (Å²) in [7, 11) is 0. The average Bonchev–Trinajstić information content (AvgIpc) is 2.85. The highest BCUT2D eigenvalue weighted by molar-refractivity contribution is 5.92. The van der Waals surface area contributed by atoms with Crippen LogP contribution in [0.1, 0.15) is 22.7 Å². The fourth-order valence-electron chi connectivity index (χ4n) is 4.63. The number of carbonyl (C=O) groups excluding carboxylic acids is 2. The van der Waals surface area contributed by atoms with Gasteiger partial charge in [0.15, 0.2) is 0 Å². The van der Waals surface area contributed by atoms with E-state index in [-0.39, 0.29) is 11.8 Å². The standard InChI is InChI=1S/C26H26N4O2/c31-24-18-21-10-4-5-11-22(21)25(30(24)19-20-8-2-1-3-9-20)26(32)29-16-14-28(15-17-29)23-12-6-7-13-27-23/h1-13,25H,14-19H2. The van der Waals surface area contributed by atoms with E-state index in [9.17, 15) is 9.59 Å². The van der Waals surface area contributed by atoms with Crippen LogP contribution in [0.2, 0.25) is 0 Å². The van der Waals surface area contributed by atoms with Gasteiger partial charge < -0.3 is 14.7 Å². The highest BCUT2D eigenvalue weighted by Crippen LogP contribution is 2.33. The summed E-state index contributed by atoms with van der Waals surface area (Å²) in [6.45, 7) is 3.11. The predicted molar refractivity (Wildman–Crippen MR) is 123 cm³/mol. The lowest BCUT2D eigenvalue weighted by molar-refractivity contribution is -0.148. The van der Waals surface area contributed by atoms with Crippen LogP contribution in [0.5, 0.6) is 0 Å². The summed E-state index contributed by atoms with van der Waals surface area (Å²) in [6, 6.07) is 23.0. The summed E-state index contributed by atoms with van der Waals surface area (Å²) in [5.74, 6) is 0.934. The molecule has 1 aromatic heterocycles. The number of amides is 2. The molecule has 0 N–H and O–H groups in total. The van der Waals surface area contributed by atoms with Crippen molar-refractivity contribution >= 4 is 17.6 Å². The summed E-state index contributed by atoms with van der Waals surface area (Å²) >= 11 is 0. The number of fused-ring (bicyclic) bond motifs is 1. The van der Waals surface area contributed by atoms with Gasteiger partial charge in [0.1, 0.15) is 11.9 Å². The molecule has 0 saturated carbocycles. The van der Waals surface area contributed by atoms with Gasteiger partial charge in [-0.3, -0.25) is 9.59 Å². The molecular weight excluding hydrogens is 400 g/mol. The second-order valence-corrected chi connectivity index (χ2v) is 8.29. The number of aromatic nitrogens is 1. The predicted octanol–water partition coefficient (Wildman–Crippen LogP) is 3.06. The zero-order valence-electron chi connectivity index (χ0n) is 17.9. The van der Waals surface area contributed by atoms with Crippen LogP contribution in [-0.4, -0.2) is 52.8 Å². The molecule has 2 aliphatic rings. The van der Waals surface area contributed by atoms with Crippen molar-refractivity contribution in [2.24, 2.45) is 0 Å². The molecule has 162 valence electrons. The highest BCUT2D eigenvalue weighted by Gasteiger charge is 2.39. The van der Waals surface area contributed by atoms with E-state index in [0.29, 0.717) is 26.1 Å². The largest absolute Gasteiger partial charge is 0.353 e. The Morgan fingerprint density at radius 3 is 2.34 bits per heavy atom. The molecule has 0 spiro atoms. The Kier molecular flexibility index (Phi) is 5.58. The molecule has 1 fully saturated rings. The van der Waals surface area contributed by atoms with Crippen LogP contribution in [0, 0.1) is 0 Å². The Bertz CT molecular complexity index is 1100. The van der Waals surface area contributed by atoms with Crippen molar-refractivity contribution in [2.45, 2.75) is 19.0 Å². The van der Waals surface area contributed by atoms with Gasteiger partial charge in [0.05, 0.1) is 6.42 Å². The molecule has 3 heterocycles. The zero-order chi connectivity index (χ0) is 21.9. The Labute approximate surface area is 188 Å². The van der Waals surface area contributed by atoms with Crippen molar-refractivity contribution in [2.75, 3.05) is 31.1 Å². The van der Waals surface area contributed by atoms with Crippen LogP contribution in [0.3, 0.4) is 0 Å². The second kappa shape index (κ2) is 8.83. The summed E-state index contributed by atoms with van der Waals surface area (Å²) in [6.07, 6.45) is 2.12. The first kappa shape index (κ1) is 20.2. The minimum Gasteiger partial charge on any atom is -0.353 e. The van der Waals surface area contributed by atoms with Gasteiger partial charge in [-0.1, -0.05) is 60.7 Å². The van der Waals surface area contributed by atoms with E-state index in [4.69, 9.17) is 0 Å². The minimum atomic E-state index is -0.589. The fourth-order valence-corrected chi connectivity index (χ4v) is 4.63. The molecule has 1 saturated heterocycles. The number of nitrogens with zero attached hydrogens (tertiary/aromatic N) is 4. The van der Waals surface area contributed by atoms with Crippen LogP contribution in [0.15, 0.2) is 79.0 Å². The van der Waals surface area contributed by atoms with Gasteiger partial charge in [0, 0.05) is 38.9 Å². The Morgan fingerprint density at radius 2 is 1.59 bits per heavy atom. The van der Waals surface area contributed by atoms with Gasteiger partial charge in [-0.15, -0.1) is 0 Å². The lowest BCUT2D eigenvalue weighted by Crippen LogP contribution is -2.54. The first-order valence-electron chi connectivity index (χ1n) is 11.1. The number of pyridine rings is 1. The minimum absolute atomic E-state index is 0.00183. The van der Waals surface area contributed by atoms with Crippen molar-refractivity contribution in [3.63, 3.8) is 0 Å². The summed E-state index contributed by atoms with van der Waals surface area (Å²) < 4.78 is 0. The lowest BCUT2D eigenvalue weighted by atomic mass is 9.90. The molecule has 0 aliphatic carbocycles. The molecule has 2 amide bonds. The Morgan fingerprint density at radius 1 is 0.875 bits per heavy atom. The average molecular weight is 427 g/mol. The molecule has 2 aliphatic heterocycles. The van der Waals surface area contributed by atoms with Crippen LogP contribution in [0.25, 0.3) is 0 Å². The maximum atomic E-state index is 13.8. The van der Waals surface area contributed by atoms with E-state index in [1.165, 1.54) is 0 Å². The van der Waals surface area contributed by atoms with Crippen LogP contribution in [-0.2, 0) is 22.6 Å². The van der Waals surface area contributed by atoms with Gasteiger partial charge in [0.25, 0.3) is 0 Å². The number of anilines is 1. The Hall–Kier alpha value is -3.67. The van der Waals surface area contributed by atoms with Crippen LogP contribution in [0.4, 0.5) is 5.82 Å². The molecule has 2 aromatic carbocycles. The number of rotatable bonds is 4. The molecule has 0 radical (unpaired) electrons. The highest BCUT2D eigenvalue weighted by atomic mass is 16.2. The smallest absolute Gasteiger partial charge is 0.250 e. The van der Waals surface area contributed by atoms with Gasteiger partial charge in [-0.2, -0.15) is 0 Å². The molecule has 6 heteroatoms. The van der Waals surface area contributed by atoms with Gasteiger partial charge in [-0.25, -0.2) is 4.98 Å². The molecule has 3 aromatic rings. The normalized spacial score (nSPS) is 18.4. The maximum absolute atomic E-state index is 13.8. The molecule has 0 bridgehead atoms. The van der Waals surface area contributed by atoms with E-state index in [0.717, 1.165) is 35.6 Å². The number of piperazine rings is 1. The third kappa shape index (κ3) is 3.96. The number of benzene rings is 2. The first-order chi connectivity index (χ1) is 15.7. The zero-order valence-corrected chi connectivity index (χ0v) is 17.9.